The van der Waals surface area contributed by atoms with Crippen LogP contribution in [-0.4, -0.2) is 11.9 Å². The molecule has 4 N–H and O–H groups in total. The number of urea groups is 1. The number of nitrogens with two attached hydrogens (primary N) is 1. The van der Waals surface area contributed by atoms with E-state index in [2.05, 4.69) is 10.6 Å². The number of carbonyl (C=O) groups is 2. The van der Waals surface area contributed by atoms with Crippen LogP contribution >= 0.6 is 11.3 Å². The van der Waals surface area contributed by atoms with Crippen LogP contribution in [0.5, 0.6) is 0 Å². The maximum atomic E-state index is 12.1. The molecule has 1 heterocycles. The molecule has 110 valence electrons. The molecule has 3 amide bonds. The molecule has 0 bridgehead atoms. The molecular formula is C15H17N3O2S. The number of carbonyl (C=O) groups excluding carboxylic acids is 2. The predicted molar refractivity (Wildman–Crippen MR) is 84.6 cm³/mol. The van der Waals surface area contributed by atoms with Crippen LogP contribution in [0.15, 0.2) is 36.4 Å². The lowest BCUT2D eigenvalue weighted by molar-refractivity contribution is 0.0944. The molecule has 1 aromatic heterocycles. The van der Waals surface area contributed by atoms with Crippen LogP contribution < -0.4 is 16.4 Å². The lowest BCUT2D eigenvalue weighted by atomic mass is 10.1. The summed E-state index contributed by atoms with van der Waals surface area (Å²) in [7, 11) is 0. The summed E-state index contributed by atoms with van der Waals surface area (Å²) in [6.45, 7) is 3.88. The van der Waals surface area contributed by atoms with E-state index in [0.29, 0.717) is 10.6 Å². The Balaban J connectivity index is 2.01. The van der Waals surface area contributed by atoms with Crippen LogP contribution in [0, 0.1) is 6.92 Å². The molecule has 0 aliphatic rings. The predicted octanol–water partition coefficient (Wildman–Crippen LogP) is 3.04. The maximum absolute atomic E-state index is 12.1. The lowest BCUT2D eigenvalue weighted by Gasteiger charge is -2.14. The molecule has 0 aliphatic heterocycles. The second-order valence-electron chi connectivity index (χ2n) is 4.72. The van der Waals surface area contributed by atoms with Crippen molar-refractivity contribution in [1.29, 1.82) is 0 Å². The number of amides is 3. The molecule has 1 aromatic carbocycles. The highest BCUT2D eigenvalue weighted by Gasteiger charge is 2.12. The number of nitrogens with one attached hydrogen (secondary N) is 2. The van der Waals surface area contributed by atoms with E-state index >= 15 is 0 Å². The smallest absolute Gasteiger partial charge is 0.316 e. The molecule has 1 unspecified atom stereocenters. The van der Waals surface area contributed by atoms with Gasteiger partial charge in [-0.3, -0.25) is 4.79 Å². The molecule has 2 rings (SSSR count). The minimum atomic E-state index is -0.600. The van der Waals surface area contributed by atoms with Gasteiger partial charge in [0.05, 0.1) is 10.9 Å². The van der Waals surface area contributed by atoms with Crippen LogP contribution in [0.3, 0.4) is 0 Å². The third-order valence-electron chi connectivity index (χ3n) is 2.99. The summed E-state index contributed by atoms with van der Waals surface area (Å²) < 4.78 is 0. The fourth-order valence-corrected chi connectivity index (χ4v) is 2.68. The van der Waals surface area contributed by atoms with Gasteiger partial charge in [-0.1, -0.05) is 12.1 Å². The van der Waals surface area contributed by atoms with Crippen molar-refractivity contribution < 1.29 is 9.59 Å². The normalized spacial score (nSPS) is 11.7. The van der Waals surface area contributed by atoms with E-state index in [-0.39, 0.29) is 11.9 Å². The average molecular weight is 303 g/mol. The van der Waals surface area contributed by atoms with E-state index in [0.717, 1.165) is 10.4 Å². The summed E-state index contributed by atoms with van der Waals surface area (Å²) in [6, 6.07) is 10.2. The van der Waals surface area contributed by atoms with Crippen LogP contribution in [0.25, 0.3) is 0 Å². The van der Waals surface area contributed by atoms with Gasteiger partial charge in [-0.15, -0.1) is 11.3 Å². The molecule has 6 heteroatoms. The summed E-state index contributed by atoms with van der Waals surface area (Å²) in [4.78, 5) is 24.6. The molecule has 2 aromatic rings. The first kappa shape index (κ1) is 15.1. The molecule has 5 nitrogen and oxygen atoms in total. The van der Waals surface area contributed by atoms with Crippen LogP contribution in [0.1, 0.15) is 33.1 Å². The zero-order chi connectivity index (χ0) is 15.4. The Morgan fingerprint density at radius 1 is 1.14 bits per heavy atom. The van der Waals surface area contributed by atoms with Crippen molar-refractivity contribution in [3.05, 3.63) is 51.7 Å². The second-order valence-corrected chi connectivity index (χ2v) is 6.00. The van der Waals surface area contributed by atoms with Crippen molar-refractivity contribution in [3.8, 4) is 0 Å². The van der Waals surface area contributed by atoms with E-state index in [4.69, 9.17) is 5.73 Å². The van der Waals surface area contributed by atoms with Crippen molar-refractivity contribution in [3.63, 3.8) is 0 Å². The molecule has 0 saturated carbocycles. The highest BCUT2D eigenvalue weighted by Crippen LogP contribution is 2.19. The minimum Gasteiger partial charge on any atom is -0.351 e. The lowest BCUT2D eigenvalue weighted by Crippen LogP contribution is -2.25. The number of anilines is 1. The van der Waals surface area contributed by atoms with Crippen molar-refractivity contribution >= 4 is 29.0 Å². The molecule has 21 heavy (non-hydrogen) atoms. The number of benzene rings is 1. The maximum Gasteiger partial charge on any atom is 0.316 e. The number of hydrogen-bond acceptors (Lipinski definition) is 3. The summed E-state index contributed by atoms with van der Waals surface area (Å²) >= 11 is 1.47. The van der Waals surface area contributed by atoms with Crippen LogP contribution in [0.2, 0.25) is 0 Å². The van der Waals surface area contributed by atoms with Gasteiger partial charge in [0.1, 0.15) is 0 Å². The Bertz CT molecular complexity index is 649. The van der Waals surface area contributed by atoms with Crippen molar-refractivity contribution in [2.24, 2.45) is 5.73 Å². The molecule has 1 atom stereocenters. The molecular weight excluding hydrogens is 286 g/mol. The average Bonchev–Trinajstić information content (AvgIpc) is 2.85. The standard InChI is InChI=1S/C15H17N3O2S/c1-9-3-8-13(21-9)14(19)17-10(2)11-4-6-12(7-5-11)18-15(16)20/h3-8,10H,1-2H3,(H,17,19)(H3,16,18,20). The summed E-state index contributed by atoms with van der Waals surface area (Å²) in [5.41, 5.74) is 6.62. The molecule has 0 radical (unpaired) electrons. The number of thiophene rings is 1. The van der Waals surface area contributed by atoms with Gasteiger partial charge in [0.15, 0.2) is 0 Å². The Morgan fingerprint density at radius 3 is 2.33 bits per heavy atom. The van der Waals surface area contributed by atoms with E-state index < -0.39 is 6.03 Å². The first-order chi connectivity index (χ1) is 9.95. The highest BCUT2D eigenvalue weighted by molar-refractivity contribution is 7.13. The Kier molecular flexibility index (Phi) is 4.59. The van der Waals surface area contributed by atoms with E-state index in [9.17, 15) is 9.59 Å². The van der Waals surface area contributed by atoms with Gasteiger partial charge in [-0.05, 0) is 43.7 Å². The Labute approximate surface area is 127 Å². The summed E-state index contributed by atoms with van der Waals surface area (Å²) in [5, 5.41) is 5.44. The van der Waals surface area contributed by atoms with E-state index in [1.807, 2.05) is 38.1 Å². The molecule has 0 spiro atoms. The fraction of sp³-hybridized carbons (Fsp3) is 0.200. The van der Waals surface area contributed by atoms with Gasteiger partial charge in [-0.2, -0.15) is 0 Å². The molecule has 0 aliphatic carbocycles. The largest absolute Gasteiger partial charge is 0.351 e. The number of rotatable bonds is 4. The van der Waals surface area contributed by atoms with Gasteiger partial charge < -0.3 is 16.4 Å². The number of hydrogen-bond donors (Lipinski definition) is 3. The second kappa shape index (κ2) is 6.41. The number of aryl methyl sites for hydroxylation is 1. The van der Waals surface area contributed by atoms with Crippen molar-refractivity contribution in [1.82, 2.24) is 5.32 Å². The van der Waals surface area contributed by atoms with Gasteiger partial charge >= 0.3 is 6.03 Å². The Hall–Kier alpha value is -2.34. The quantitative estimate of drug-likeness (QED) is 0.811. The van der Waals surface area contributed by atoms with Gasteiger partial charge in [0, 0.05) is 10.6 Å². The highest BCUT2D eigenvalue weighted by atomic mass is 32.1. The van der Waals surface area contributed by atoms with E-state index in [1.165, 1.54) is 11.3 Å². The Morgan fingerprint density at radius 2 is 1.81 bits per heavy atom. The topological polar surface area (TPSA) is 84.2 Å². The SMILES string of the molecule is Cc1ccc(C(=O)NC(C)c2ccc(NC(N)=O)cc2)s1. The third kappa shape index (κ3) is 4.06. The minimum absolute atomic E-state index is 0.0834. The first-order valence-corrected chi connectivity index (χ1v) is 7.31. The summed E-state index contributed by atoms with van der Waals surface area (Å²) in [6.07, 6.45) is 0. The van der Waals surface area contributed by atoms with Gasteiger partial charge in [0.2, 0.25) is 0 Å². The zero-order valence-corrected chi connectivity index (χ0v) is 12.7. The molecule has 0 saturated heterocycles. The number of primary amides is 1. The third-order valence-corrected chi connectivity index (χ3v) is 3.99. The first-order valence-electron chi connectivity index (χ1n) is 6.49. The zero-order valence-electron chi connectivity index (χ0n) is 11.8. The van der Waals surface area contributed by atoms with Crippen molar-refractivity contribution in [2.75, 3.05) is 5.32 Å². The van der Waals surface area contributed by atoms with E-state index in [1.54, 1.807) is 12.1 Å². The van der Waals surface area contributed by atoms with Crippen molar-refractivity contribution in [2.45, 2.75) is 19.9 Å². The van der Waals surface area contributed by atoms with Crippen LogP contribution in [0.4, 0.5) is 10.5 Å². The molecule has 0 fully saturated rings. The van der Waals surface area contributed by atoms with Gasteiger partial charge in [-0.25, -0.2) is 4.79 Å². The fourth-order valence-electron chi connectivity index (χ4n) is 1.91. The van der Waals surface area contributed by atoms with Crippen LogP contribution in [-0.2, 0) is 0 Å². The monoisotopic (exact) mass is 303 g/mol. The van der Waals surface area contributed by atoms with Gasteiger partial charge in [0.25, 0.3) is 5.91 Å². The summed E-state index contributed by atoms with van der Waals surface area (Å²) in [5.74, 6) is -0.0834.